The molecule has 0 aromatic heterocycles. The van der Waals surface area contributed by atoms with Gasteiger partial charge < -0.3 is 14.8 Å². The number of benzene rings is 3. The molecule has 0 radical (unpaired) electrons. The third-order valence-electron chi connectivity index (χ3n) is 5.19. The molecule has 0 unspecified atom stereocenters. The Morgan fingerprint density at radius 2 is 1.70 bits per heavy atom. The van der Waals surface area contributed by atoms with Gasteiger partial charge in [0.1, 0.15) is 24.0 Å². The van der Waals surface area contributed by atoms with E-state index in [9.17, 15) is 14.9 Å². The highest BCUT2D eigenvalue weighted by Gasteiger charge is 2.11. The lowest BCUT2D eigenvalue weighted by Gasteiger charge is -2.10. The van der Waals surface area contributed by atoms with E-state index in [4.69, 9.17) is 4.74 Å². The van der Waals surface area contributed by atoms with Gasteiger partial charge in [0.2, 0.25) is 0 Å². The molecule has 0 aliphatic rings. The summed E-state index contributed by atoms with van der Waals surface area (Å²) in [5, 5.41) is 12.3. The van der Waals surface area contributed by atoms with Gasteiger partial charge in [-0.25, -0.2) is 4.79 Å². The van der Waals surface area contributed by atoms with Crippen LogP contribution >= 0.6 is 0 Å². The van der Waals surface area contributed by atoms with E-state index in [0.29, 0.717) is 29.2 Å². The molecule has 1 amide bonds. The maximum absolute atomic E-state index is 12.6. The molecule has 0 heterocycles. The van der Waals surface area contributed by atoms with Crippen molar-refractivity contribution in [2.24, 2.45) is 0 Å². The second-order valence-corrected chi connectivity index (χ2v) is 7.42. The second-order valence-electron chi connectivity index (χ2n) is 7.42. The lowest BCUT2D eigenvalue weighted by molar-refractivity contribution is -0.112. The van der Waals surface area contributed by atoms with E-state index in [1.54, 1.807) is 48.5 Å². The first-order chi connectivity index (χ1) is 15.9. The van der Waals surface area contributed by atoms with Gasteiger partial charge in [-0.05, 0) is 72.5 Å². The third kappa shape index (κ3) is 6.08. The highest BCUT2D eigenvalue weighted by molar-refractivity contribution is 6.10. The second kappa shape index (κ2) is 10.8. The summed E-state index contributed by atoms with van der Waals surface area (Å²) in [6.45, 7) is 4.22. The largest absolute Gasteiger partial charge is 0.489 e. The number of esters is 1. The standard InChI is InChI=1S/C27H24N2O4/c1-18-5-4-6-25(19(18)2)29-26(30)23(16-28)15-20-9-13-24(14-10-20)33-17-21-7-11-22(12-8-21)27(31)32-3/h4-15H,17H2,1-3H3,(H,29,30)/b23-15+. The molecule has 0 bridgehead atoms. The fraction of sp³-hybridized carbons (Fsp3) is 0.148. The summed E-state index contributed by atoms with van der Waals surface area (Å²) in [6.07, 6.45) is 1.54. The number of nitrogens with one attached hydrogen (secondary N) is 1. The Labute approximate surface area is 193 Å². The molecule has 0 saturated carbocycles. The zero-order valence-electron chi connectivity index (χ0n) is 18.7. The topological polar surface area (TPSA) is 88.4 Å². The summed E-state index contributed by atoms with van der Waals surface area (Å²) < 4.78 is 10.5. The van der Waals surface area contributed by atoms with Gasteiger partial charge in [0.15, 0.2) is 0 Å². The highest BCUT2D eigenvalue weighted by atomic mass is 16.5. The van der Waals surface area contributed by atoms with Crippen molar-refractivity contribution >= 4 is 23.6 Å². The average Bonchev–Trinajstić information content (AvgIpc) is 2.84. The van der Waals surface area contributed by atoms with E-state index >= 15 is 0 Å². The molecule has 0 atom stereocenters. The number of carbonyl (C=O) groups excluding carboxylic acids is 2. The molecular formula is C27H24N2O4. The van der Waals surface area contributed by atoms with Gasteiger partial charge in [-0.3, -0.25) is 4.79 Å². The van der Waals surface area contributed by atoms with Crippen LogP contribution in [0.3, 0.4) is 0 Å². The van der Waals surface area contributed by atoms with Gasteiger partial charge in [0.25, 0.3) is 5.91 Å². The number of methoxy groups -OCH3 is 1. The molecule has 1 N–H and O–H groups in total. The van der Waals surface area contributed by atoms with Crippen LogP contribution in [0, 0.1) is 25.2 Å². The maximum Gasteiger partial charge on any atom is 0.337 e. The summed E-state index contributed by atoms with van der Waals surface area (Å²) in [6, 6.07) is 21.7. The van der Waals surface area contributed by atoms with Crippen molar-refractivity contribution in [3.05, 3.63) is 100 Å². The summed E-state index contributed by atoms with van der Waals surface area (Å²) in [4.78, 5) is 24.1. The molecule has 0 aliphatic carbocycles. The smallest absolute Gasteiger partial charge is 0.337 e. The minimum absolute atomic E-state index is 0.00951. The zero-order valence-corrected chi connectivity index (χ0v) is 18.7. The first-order valence-electron chi connectivity index (χ1n) is 10.3. The van der Waals surface area contributed by atoms with Crippen LogP contribution in [0.1, 0.15) is 32.6 Å². The molecule has 6 heteroatoms. The fourth-order valence-electron chi connectivity index (χ4n) is 3.07. The van der Waals surface area contributed by atoms with Crippen LogP contribution in [-0.4, -0.2) is 19.0 Å². The summed E-state index contributed by atoms with van der Waals surface area (Å²) >= 11 is 0. The van der Waals surface area contributed by atoms with Gasteiger partial charge in [-0.15, -0.1) is 0 Å². The molecule has 0 saturated heterocycles. The molecule has 3 aromatic rings. The quantitative estimate of drug-likeness (QED) is 0.309. The van der Waals surface area contributed by atoms with Crippen LogP contribution in [0.15, 0.2) is 72.3 Å². The normalized spacial score (nSPS) is 10.8. The predicted octanol–water partition coefficient (Wildman–Crippen LogP) is 5.21. The van der Waals surface area contributed by atoms with E-state index < -0.39 is 5.91 Å². The van der Waals surface area contributed by atoms with Crippen LogP contribution in [0.25, 0.3) is 6.08 Å². The predicted molar refractivity (Wildman–Crippen MR) is 127 cm³/mol. The molecule has 3 aromatic carbocycles. The number of amides is 1. The van der Waals surface area contributed by atoms with Crippen LogP contribution in [0.5, 0.6) is 5.75 Å². The van der Waals surface area contributed by atoms with E-state index in [1.807, 2.05) is 38.1 Å². The number of aryl methyl sites for hydroxylation is 1. The zero-order chi connectivity index (χ0) is 23.8. The van der Waals surface area contributed by atoms with Crippen LogP contribution in [0.2, 0.25) is 0 Å². The average molecular weight is 440 g/mol. The molecule has 6 nitrogen and oxygen atoms in total. The van der Waals surface area contributed by atoms with E-state index in [1.165, 1.54) is 13.2 Å². The Kier molecular flexibility index (Phi) is 7.61. The van der Waals surface area contributed by atoms with Crippen LogP contribution < -0.4 is 10.1 Å². The van der Waals surface area contributed by atoms with Crippen LogP contribution in [0.4, 0.5) is 5.69 Å². The number of anilines is 1. The molecule has 3 rings (SSSR count). The fourth-order valence-corrected chi connectivity index (χ4v) is 3.07. The Balaban J connectivity index is 1.63. The molecule has 0 aliphatic heterocycles. The molecule has 166 valence electrons. The van der Waals surface area contributed by atoms with Crippen molar-refractivity contribution in [3.8, 4) is 11.8 Å². The first kappa shape index (κ1) is 23.3. The summed E-state index contributed by atoms with van der Waals surface area (Å²) in [5.41, 5.74) is 4.81. The van der Waals surface area contributed by atoms with Crippen molar-refractivity contribution in [3.63, 3.8) is 0 Å². The molecule has 0 fully saturated rings. The van der Waals surface area contributed by atoms with Crippen molar-refractivity contribution in [1.29, 1.82) is 5.26 Å². The first-order valence-corrected chi connectivity index (χ1v) is 10.3. The number of rotatable bonds is 7. The van der Waals surface area contributed by atoms with Crippen molar-refractivity contribution in [2.45, 2.75) is 20.5 Å². The van der Waals surface area contributed by atoms with E-state index in [0.717, 1.165) is 16.7 Å². The maximum atomic E-state index is 12.6. The molecular weight excluding hydrogens is 416 g/mol. The van der Waals surface area contributed by atoms with Gasteiger partial charge in [0, 0.05) is 5.69 Å². The lowest BCUT2D eigenvalue weighted by atomic mass is 10.1. The lowest BCUT2D eigenvalue weighted by Crippen LogP contribution is -2.14. The number of nitriles is 1. The number of ether oxygens (including phenoxy) is 2. The van der Waals surface area contributed by atoms with Crippen molar-refractivity contribution < 1.29 is 19.1 Å². The Morgan fingerprint density at radius 1 is 1.00 bits per heavy atom. The van der Waals surface area contributed by atoms with Gasteiger partial charge in [-0.2, -0.15) is 5.26 Å². The van der Waals surface area contributed by atoms with Gasteiger partial charge >= 0.3 is 5.97 Å². The minimum Gasteiger partial charge on any atom is -0.489 e. The van der Waals surface area contributed by atoms with Crippen molar-refractivity contribution in [2.75, 3.05) is 12.4 Å². The van der Waals surface area contributed by atoms with Gasteiger partial charge in [-0.1, -0.05) is 36.4 Å². The summed E-state index contributed by atoms with van der Waals surface area (Å²) in [5.74, 6) is -0.199. The Bertz CT molecular complexity index is 1220. The van der Waals surface area contributed by atoms with E-state index in [-0.39, 0.29) is 11.5 Å². The number of hydrogen-bond donors (Lipinski definition) is 1. The Hall–Kier alpha value is -4.37. The summed E-state index contributed by atoms with van der Waals surface area (Å²) in [7, 11) is 1.34. The van der Waals surface area contributed by atoms with Crippen molar-refractivity contribution in [1.82, 2.24) is 0 Å². The Morgan fingerprint density at radius 3 is 2.33 bits per heavy atom. The highest BCUT2D eigenvalue weighted by Crippen LogP contribution is 2.20. The molecule has 33 heavy (non-hydrogen) atoms. The number of nitrogens with zero attached hydrogens (tertiary/aromatic N) is 1. The molecule has 0 spiro atoms. The number of carbonyl (C=O) groups is 2. The van der Waals surface area contributed by atoms with Gasteiger partial charge in [0.05, 0.1) is 12.7 Å². The number of hydrogen-bond acceptors (Lipinski definition) is 5. The SMILES string of the molecule is COC(=O)c1ccc(COc2ccc(/C=C(\C#N)C(=O)Nc3cccc(C)c3C)cc2)cc1. The van der Waals surface area contributed by atoms with E-state index in [2.05, 4.69) is 10.1 Å². The minimum atomic E-state index is -0.457. The third-order valence-corrected chi connectivity index (χ3v) is 5.19. The van der Waals surface area contributed by atoms with Crippen LogP contribution in [-0.2, 0) is 16.1 Å². The monoisotopic (exact) mass is 440 g/mol.